The third kappa shape index (κ3) is 4.77. The average Bonchev–Trinajstić information content (AvgIpc) is 2.80. The van der Waals surface area contributed by atoms with Crippen molar-refractivity contribution < 1.29 is 8.42 Å². The fourth-order valence-corrected chi connectivity index (χ4v) is 3.21. The maximum atomic E-state index is 12.3. The number of aromatic amines is 1. The SMILES string of the molecule is CCC(C)N(C)CCNS(=O)(=O)c1n[nH]c(C)c1CNC. The Kier molecular flexibility index (Phi) is 6.79. The monoisotopic (exact) mass is 317 g/mol. The van der Waals surface area contributed by atoms with Crippen molar-refractivity contribution in [3.8, 4) is 0 Å². The largest absolute Gasteiger partial charge is 0.316 e. The third-order valence-corrected chi connectivity index (χ3v) is 5.17. The molecule has 0 saturated heterocycles. The van der Waals surface area contributed by atoms with Crippen molar-refractivity contribution in [3.63, 3.8) is 0 Å². The second kappa shape index (κ2) is 7.88. The smallest absolute Gasteiger partial charge is 0.260 e. The summed E-state index contributed by atoms with van der Waals surface area (Å²) in [6, 6.07) is 0.432. The molecule has 1 unspecified atom stereocenters. The molecule has 1 rings (SSSR count). The van der Waals surface area contributed by atoms with Crippen molar-refractivity contribution in [1.29, 1.82) is 0 Å². The topological polar surface area (TPSA) is 90.1 Å². The first kappa shape index (κ1) is 18.1. The zero-order chi connectivity index (χ0) is 16.0. The van der Waals surface area contributed by atoms with Crippen LogP contribution in [0.2, 0.25) is 0 Å². The van der Waals surface area contributed by atoms with Gasteiger partial charge in [-0.05, 0) is 34.4 Å². The minimum atomic E-state index is -3.58. The van der Waals surface area contributed by atoms with E-state index < -0.39 is 10.0 Å². The molecule has 21 heavy (non-hydrogen) atoms. The van der Waals surface area contributed by atoms with Gasteiger partial charge in [-0.3, -0.25) is 5.10 Å². The molecule has 0 aliphatic rings. The standard InChI is InChI=1S/C13H27N5O2S/c1-6-10(2)18(5)8-7-15-21(19,20)13-12(9-14-4)11(3)16-17-13/h10,14-15H,6-9H2,1-5H3,(H,16,17). The van der Waals surface area contributed by atoms with Gasteiger partial charge in [0.05, 0.1) is 0 Å². The lowest BCUT2D eigenvalue weighted by molar-refractivity contribution is 0.256. The van der Waals surface area contributed by atoms with Crippen LogP contribution in [0.5, 0.6) is 0 Å². The fraction of sp³-hybridized carbons (Fsp3) is 0.769. The maximum absolute atomic E-state index is 12.3. The van der Waals surface area contributed by atoms with Gasteiger partial charge >= 0.3 is 0 Å². The molecule has 0 aliphatic carbocycles. The molecule has 1 heterocycles. The van der Waals surface area contributed by atoms with Crippen LogP contribution in [-0.4, -0.2) is 56.7 Å². The van der Waals surface area contributed by atoms with Gasteiger partial charge in [0.25, 0.3) is 10.0 Å². The molecule has 1 aromatic rings. The van der Waals surface area contributed by atoms with Gasteiger partial charge in [0.15, 0.2) is 5.03 Å². The number of nitrogens with one attached hydrogen (secondary N) is 3. The van der Waals surface area contributed by atoms with Crippen LogP contribution < -0.4 is 10.0 Å². The Morgan fingerprint density at radius 3 is 2.67 bits per heavy atom. The number of aromatic nitrogens is 2. The molecule has 0 spiro atoms. The number of rotatable bonds is 9. The molecule has 122 valence electrons. The molecule has 0 fully saturated rings. The Morgan fingerprint density at radius 1 is 1.43 bits per heavy atom. The number of aryl methyl sites for hydroxylation is 1. The fourth-order valence-electron chi connectivity index (χ4n) is 1.99. The summed E-state index contributed by atoms with van der Waals surface area (Å²) in [4.78, 5) is 2.13. The van der Waals surface area contributed by atoms with E-state index in [1.807, 2.05) is 14.0 Å². The number of nitrogens with zero attached hydrogens (tertiary/aromatic N) is 2. The molecule has 0 aliphatic heterocycles. The first-order valence-corrected chi connectivity index (χ1v) is 8.70. The summed E-state index contributed by atoms with van der Waals surface area (Å²) in [7, 11) is 0.189. The highest BCUT2D eigenvalue weighted by molar-refractivity contribution is 7.89. The number of sulfonamides is 1. The van der Waals surface area contributed by atoms with Crippen LogP contribution >= 0.6 is 0 Å². The van der Waals surface area contributed by atoms with Crippen LogP contribution in [-0.2, 0) is 16.6 Å². The van der Waals surface area contributed by atoms with Gasteiger partial charge in [0, 0.05) is 36.9 Å². The summed E-state index contributed by atoms with van der Waals surface area (Å²) < 4.78 is 27.3. The maximum Gasteiger partial charge on any atom is 0.260 e. The van der Waals surface area contributed by atoms with E-state index in [2.05, 4.69) is 39.0 Å². The predicted octanol–water partition coefficient (Wildman–Crippen LogP) is 0.446. The van der Waals surface area contributed by atoms with Gasteiger partial charge in [0.2, 0.25) is 0 Å². The molecule has 0 saturated carbocycles. The second-order valence-electron chi connectivity index (χ2n) is 5.30. The Labute approximate surface area is 127 Å². The predicted molar refractivity (Wildman–Crippen MR) is 83.7 cm³/mol. The molecule has 1 aromatic heterocycles. The lowest BCUT2D eigenvalue weighted by Crippen LogP contribution is -2.37. The second-order valence-corrected chi connectivity index (χ2v) is 6.98. The summed E-state index contributed by atoms with van der Waals surface area (Å²) in [6.45, 7) is 7.55. The first-order chi connectivity index (χ1) is 9.83. The van der Waals surface area contributed by atoms with E-state index in [9.17, 15) is 8.42 Å². The van der Waals surface area contributed by atoms with E-state index >= 15 is 0 Å². The lowest BCUT2D eigenvalue weighted by atomic mass is 10.2. The zero-order valence-electron chi connectivity index (χ0n) is 13.5. The Bertz CT molecular complexity index is 541. The summed E-state index contributed by atoms with van der Waals surface area (Å²) in [6.07, 6.45) is 1.04. The summed E-state index contributed by atoms with van der Waals surface area (Å²) in [5, 5.41) is 9.70. The quantitative estimate of drug-likeness (QED) is 0.615. The number of hydrogen-bond acceptors (Lipinski definition) is 5. The molecule has 0 bridgehead atoms. The van der Waals surface area contributed by atoms with E-state index in [1.54, 1.807) is 7.05 Å². The van der Waals surface area contributed by atoms with E-state index in [-0.39, 0.29) is 5.03 Å². The Hall–Kier alpha value is -0.960. The van der Waals surface area contributed by atoms with Gasteiger partial charge in [-0.25, -0.2) is 13.1 Å². The highest BCUT2D eigenvalue weighted by Gasteiger charge is 2.23. The van der Waals surface area contributed by atoms with Crippen LogP contribution in [0.25, 0.3) is 0 Å². The lowest BCUT2D eigenvalue weighted by Gasteiger charge is -2.23. The highest BCUT2D eigenvalue weighted by Crippen LogP contribution is 2.15. The molecular weight excluding hydrogens is 290 g/mol. The van der Waals surface area contributed by atoms with Gasteiger partial charge in [-0.1, -0.05) is 6.92 Å². The van der Waals surface area contributed by atoms with Gasteiger partial charge in [0.1, 0.15) is 0 Å². The van der Waals surface area contributed by atoms with Gasteiger partial charge < -0.3 is 10.2 Å². The van der Waals surface area contributed by atoms with E-state index in [0.717, 1.165) is 12.1 Å². The van der Waals surface area contributed by atoms with Gasteiger partial charge in [-0.15, -0.1) is 0 Å². The highest BCUT2D eigenvalue weighted by atomic mass is 32.2. The Morgan fingerprint density at radius 2 is 2.10 bits per heavy atom. The number of hydrogen-bond donors (Lipinski definition) is 3. The van der Waals surface area contributed by atoms with Crippen molar-refractivity contribution >= 4 is 10.0 Å². The van der Waals surface area contributed by atoms with E-state index in [0.29, 0.717) is 31.2 Å². The molecule has 3 N–H and O–H groups in total. The molecule has 8 heteroatoms. The van der Waals surface area contributed by atoms with Crippen molar-refractivity contribution in [1.82, 2.24) is 25.1 Å². The van der Waals surface area contributed by atoms with Crippen molar-refractivity contribution in [2.75, 3.05) is 27.2 Å². The molecule has 0 radical (unpaired) electrons. The van der Waals surface area contributed by atoms with Crippen molar-refractivity contribution in [2.45, 2.75) is 44.8 Å². The van der Waals surface area contributed by atoms with Crippen molar-refractivity contribution in [2.24, 2.45) is 0 Å². The third-order valence-electron chi connectivity index (χ3n) is 3.74. The van der Waals surface area contributed by atoms with Crippen LogP contribution in [0.1, 0.15) is 31.5 Å². The van der Waals surface area contributed by atoms with E-state index in [4.69, 9.17) is 0 Å². The minimum absolute atomic E-state index is 0.0838. The molecule has 1 atom stereocenters. The summed E-state index contributed by atoms with van der Waals surface area (Å²) in [5.74, 6) is 0. The first-order valence-electron chi connectivity index (χ1n) is 7.21. The van der Waals surface area contributed by atoms with E-state index in [1.165, 1.54) is 0 Å². The average molecular weight is 317 g/mol. The van der Waals surface area contributed by atoms with Crippen molar-refractivity contribution in [3.05, 3.63) is 11.3 Å². The van der Waals surface area contributed by atoms with Crippen LogP contribution in [0.3, 0.4) is 0 Å². The minimum Gasteiger partial charge on any atom is -0.316 e. The number of likely N-dealkylation sites (N-methyl/N-ethyl adjacent to an activating group) is 1. The Balaban J connectivity index is 2.70. The molecule has 7 nitrogen and oxygen atoms in total. The van der Waals surface area contributed by atoms with Crippen LogP contribution in [0, 0.1) is 6.92 Å². The molecular formula is C13H27N5O2S. The summed E-state index contributed by atoms with van der Waals surface area (Å²) in [5.41, 5.74) is 1.45. The molecule has 0 aromatic carbocycles. The summed E-state index contributed by atoms with van der Waals surface area (Å²) >= 11 is 0. The normalized spacial score (nSPS) is 13.8. The van der Waals surface area contributed by atoms with Crippen LogP contribution in [0.4, 0.5) is 0 Å². The zero-order valence-corrected chi connectivity index (χ0v) is 14.3. The van der Waals surface area contributed by atoms with Crippen LogP contribution in [0.15, 0.2) is 5.03 Å². The number of H-pyrrole nitrogens is 1. The van der Waals surface area contributed by atoms with Gasteiger partial charge in [-0.2, -0.15) is 5.10 Å². The molecule has 0 amide bonds.